The number of carbonyl (C=O) groups is 2. The topological polar surface area (TPSA) is 75.4 Å². The summed E-state index contributed by atoms with van der Waals surface area (Å²) in [6.45, 7) is 2.72. The first-order valence-electron chi connectivity index (χ1n) is 8.66. The molecule has 2 aromatic heterocycles. The standard InChI is InChI=1S/C21H21N3O3/c1-16(25)23-13-17-6-8-19(9-7-17)21(26)24(15-20-5-3-11-27-20)14-18-4-2-10-22-12-18/h2-12H,13-15H2,1H3,(H,23,25). The minimum absolute atomic E-state index is 0.0868. The second-order valence-corrected chi connectivity index (χ2v) is 6.21. The number of hydrogen-bond donors (Lipinski definition) is 1. The van der Waals surface area contributed by atoms with E-state index >= 15 is 0 Å². The molecule has 27 heavy (non-hydrogen) atoms. The van der Waals surface area contributed by atoms with Crippen molar-refractivity contribution in [2.24, 2.45) is 0 Å². The van der Waals surface area contributed by atoms with Crippen molar-refractivity contribution in [3.05, 3.63) is 89.6 Å². The Hall–Kier alpha value is -3.41. The number of rotatable bonds is 7. The molecule has 3 aromatic rings. The molecule has 2 heterocycles. The molecule has 0 saturated carbocycles. The number of furan rings is 1. The van der Waals surface area contributed by atoms with Crippen molar-refractivity contribution in [3.8, 4) is 0 Å². The summed E-state index contributed by atoms with van der Waals surface area (Å²) in [5.41, 5.74) is 2.46. The van der Waals surface area contributed by atoms with Gasteiger partial charge in [0.1, 0.15) is 5.76 Å². The highest BCUT2D eigenvalue weighted by Gasteiger charge is 2.18. The average molecular weight is 363 g/mol. The van der Waals surface area contributed by atoms with E-state index in [1.807, 2.05) is 30.3 Å². The van der Waals surface area contributed by atoms with Crippen LogP contribution < -0.4 is 5.32 Å². The van der Waals surface area contributed by atoms with Crippen LogP contribution >= 0.6 is 0 Å². The third kappa shape index (κ3) is 5.28. The van der Waals surface area contributed by atoms with Gasteiger partial charge in [0.25, 0.3) is 5.91 Å². The third-order valence-corrected chi connectivity index (χ3v) is 4.05. The molecule has 1 aromatic carbocycles. The molecule has 3 rings (SSSR count). The highest BCUT2D eigenvalue weighted by Crippen LogP contribution is 2.15. The Morgan fingerprint density at radius 1 is 1.04 bits per heavy atom. The third-order valence-electron chi connectivity index (χ3n) is 4.05. The van der Waals surface area contributed by atoms with Crippen LogP contribution in [-0.4, -0.2) is 21.7 Å². The lowest BCUT2D eigenvalue weighted by atomic mass is 10.1. The minimum Gasteiger partial charge on any atom is -0.467 e. The van der Waals surface area contributed by atoms with E-state index < -0.39 is 0 Å². The van der Waals surface area contributed by atoms with Crippen molar-refractivity contribution < 1.29 is 14.0 Å². The molecule has 6 nitrogen and oxygen atoms in total. The van der Waals surface area contributed by atoms with Gasteiger partial charge >= 0.3 is 0 Å². The number of benzene rings is 1. The number of carbonyl (C=O) groups excluding carboxylic acids is 2. The van der Waals surface area contributed by atoms with Crippen molar-refractivity contribution in [1.29, 1.82) is 0 Å². The van der Waals surface area contributed by atoms with Crippen LogP contribution in [0.15, 0.2) is 71.6 Å². The van der Waals surface area contributed by atoms with E-state index in [0.717, 1.165) is 16.9 Å². The Balaban J connectivity index is 1.76. The quantitative estimate of drug-likeness (QED) is 0.700. The molecule has 0 saturated heterocycles. The molecule has 0 aliphatic heterocycles. The maximum Gasteiger partial charge on any atom is 0.254 e. The molecule has 0 unspecified atom stereocenters. The van der Waals surface area contributed by atoms with Gasteiger partial charge in [-0.25, -0.2) is 0 Å². The van der Waals surface area contributed by atoms with E-state index in [-0.39, 0.29) is 11.8 Å². The Kier molecular flexibility index (Phi) is 5.99. The van der Waals surface area contributed by atoms with E-state index in [0.29, 0.717) is 25.2 Å². The first kappa shape index (κ1) is 18.4. The fourth-order valence-corrected chi connectivity index (χ4v) is 2.68. The summed E-state index contributed by atoms with van der Waals surface area (Å²) >= 11 is 0. The number of nitrogens with one attached hydrogen (secondary N) is 1. The maximum atomic E-state index is 13.0. The first-order valence-corrected chi connectivity index (χ1v) is 8.66. The normalized spacial score (nSPS) is 10.4. The summed E-state index contributed by atoms with van der Waals surface area (Å²) in [5.74, 6) is 0.534. The monoisotopic (exact) mass is 363 g/mol. The molecule has 0 bridgehead atoms. The Labute approximate surface area is 157 Å². The van der Waals surface area contributed by atoms with Gasteiger partial charge in [0.05, 0.1) is 12.8 Å². The highest BCUT2D eigenvalue weighted by atomic mass is 16.3. The van der Waals surface area contributed by atoms with E-state index in [1.165, 1.54) is 6.92 Å². The van der Waals surface area contributed by atoms with Crippen LogP contribution in [0.1, 0.15) is 34.2 Å². The van der Waals surface area contributed by atoms with Crippen LogP contribution in [0.5, 0.6) is 0 Å². The second kappa shape index (κ2) is 8.80. The Bertz CT molecular complexity index is 875. The average Bonchev–Trinajstić information content (AvgIpc) is 3.20. The maximum absolute atomic E-state index is 13.0. The van der Waals surface area contributed by atoms with Crippen molar-refractivity contribution in [3.63, 3.8) is 0 Å². The van der Waals surface area contributed by atoms with Gasteiger partial charge in [-0.2, -0.15) is 0 Å². The van der Waals surface area contributed by atoms with Crippen molar-refractivity contribution >= 4 is 11.8 Å². The van der Waals surface area contributed by atoms with Gasteiger partial charge in [-0.1, -0.05) is 18.2 Å². The van der Waals surface area contributed by atoms with Crippen molar-refractivity contribution in [1.82, 2.24) is 15.2 Å². The van der Waals surface area contributed by atoms with E-state index in [1.54, 1.807) is 41.8 Å². The summed E-state index contributed by atoms with van der Waals surface area (Å²) in [6, 6.07) is 14.7. The van der Waals surface area contributed by atoms with Gasteiger partial charge in [0, 0.05) is 38.0 Å². The Morgan fingerprint density at radius 3 is 2.48 bits per heavy atom. The first-order chi connectivity index (χ1) is 13.1. The van der Waals surface area contributed by atoms with Gasteiger partial charge in [-0.05, 0) is 41.5 Å². The predicted molar refractivity (Wildman–Crippen MR) is 100 cm³/mol. The van der Waals surface area contributed by atoms with Crippen LogP contribution in [0, 0.1) is 0 Å². The number of pyridine rings is 1. The fraction of sp³-hybridized carbons (Fsp3) is 0.190. The fourth-order valence-electron chi connectivity index (χ4n) is 2.68. The molecule has 0 radical (unpaired) electrons. The van der Waals surface area contributed by atoms with Crippen LogP contribution in [0.25, 0.3) is 0 Å². The molecule has 2 amide bonds. The van der Waals surface area contributed by atoms with Crippen LogP contribution in [-0.2, 0) is 24.4 Å². The van der Waals surface area contributed by atoms with Gasteiger partial charge in [0.2, 0.25) is 5.91 Å². The van der Waals surface area contributed by atoms with Crippen LogP contribution in [0.3, 0.4) is 0 Å². The van der Waals surface area contributed by atoms with Gasteiger partial charge in [-0.15, -0.1) is 0 Å². The van der Waals surface area contributed by atoms with Gasteiger partial charge in [-0.3, -0.25) is 14.6 Å². The van der Waals surface area contributed by atoms with Crippen LogP contribution in [0.4, 0.5) is 0 Å². The Morgan fingerprint density at radius 2 is 1.85 bits per heavy atom. The van der Waals surface area contributed by atoms with Gasteiger partial charge in [0.15, 0.2) is 0 Å². The molecule has 0 fully saturated rings. The molecule has 6 heteroatoms. The van der Waals surface area contributed by atoms with Crippen molar-refractivity contribution in [2.75, 3.05) is 0 Å². The van der Waals surface area contributed by atoms with Gasteiger partial charge < -0.3 is 14.6 Å². The molecule has 0 spiro atoms. The molecule has 0 atom stereocenters. The summed E-state index contributed by atoms with van der Waals surface area (Å²) < 4.78 is 5.41. The molecule has 138 valence electrons. The minimum atomic E-state index is -0.0960. The summed E-state index contributed by atoms with van der Waals surface area (Å²) in [4.78, 5) is 29.9. The number of aromatic nitrogens is 1. The van der Waals surface area contributed by atoms with E-state index in [9.17, 15) is 9.59 Å². The van der Waals surface area contributed by atoms with Crippen molar-refractivity contribution in [2.45, 2.75) is 26.6 Å². The number of hydrogen-bond acceptors (Lipinski definition) is 4. The van der Waals surface area contributed by atoms with E-state index in [2.05, 4.69) is 10.3 Å². The summed E-state index contributed by atoms with van der Waals surface area (Å²) in [7, 11) is 0. The zero-order chi connectivity index (χ0) is 19.1. The number of nitrogens with zero attached hydrogens (tertiary/aromatic N) is 2. The second-order valence-electron chi connectivity index (χ2n) is 6.21. The summed E-state index contributed by atoms with van der Waals surface area (Å²) in [5, 5.41) is 2.74. The lowest BCUT2D eigenvalue weighted by molar-refractivity contribution is -0.119. The van der Waals surface area contributed by atoms with E-state index in [4.69, 9.17) is 4.42 Å². The largest absolute Gasteiger partial charge is 0.467 e. The lowest BCUT2D eigenvalue weighted by Crippen LogP contribution is -2.30. The molecule has 0 aliphatic rings. The predicted octanol–water partition coefficient (Wildman–Crippen LogP) is 3.15. The molecular weight excluding hydrogens is 342 g/mol. The smallest absolute Gasteiger partial charge is 0.254 e. The number of amides is 2. The molecule has 0 aliphatic carbocycles. The zero-order valence-electron chi connectivity index (χ0n) is 15.1. The molecular formula is C21H21N3O3. The highest BCUT2D eigenvalue weighted by molar-refractivity contribution is 5.94. The van der Waals surface area contributed by atoms with Crippen LogP contribution in [0.2, 0.25) is 0 Å². The molecule has 1 N–H and O–H groups in total. The zero-order valence-corrected chi connectivity index (χ0v) is 15.1. The summed E-state index contributed by atoms with van der Waals surface area (Å²) in [6.07, 6.45) is 5.05. The SMILES string of the molecule is CC(=O)NCc1ccc(C(=O)N(Cc2cccnc2)Cc2ccco2)cc1. The lowest BCUT2D eigenvalue weighted by Gasteiger charge is -2.22.